The van der Waals surface area contributed by atoms with Gasteiger partial charge in [0.05, 0.1) is 20.9 Å². The molecule has 0 atom stereocenters. The Hall–Kier alpha value is -2.26. The molecule has 2 heterocycles. The molecule has 0 amide bonds. The highest BCUT2D eigenvalue weighted by atomic mass is 28.2. The van der Waals surface area contributed by atoms with Crippen molar-refractivity contribution in [1.29, 1.82) is 0 Å². The van der Waals surface area contributed by atoms with E-state index in [1.54, 1.807) is 6.20 Å². The van der Waals surface area contributed by atoms with Crippen molar-refractivity contribution in [2.24, 2.45) is 0 Å². The standard InChI is InChI=1S/C18H18N2Si/c1-13-6-5-8-18(14(13)2)21-15-9-10-17(20-12-15)16-7-3-4-11-19-16/h3-12H,21H2,1-2H3. The summed E-state index contributed by atoms with van der Waals surface area (Å²) in [6, 6.07) is 16.8. The van der Waals surface area contributed by atoms with E-state index >= 15 is 0 Å². The molecular formula is C18H18N2Si. The number of hydrogen-bond acceptors (Lipinski definition) is 2. The summed E-state index contributed by atoms with van der Waals surface area (Å²) in [6.07, 6.45) is 3.81. The lowest BCUT2D eigenvalue weighted by Gasteiger charge is -2.08. The molecule has 0 saturated heterocycles. The lowest BCUT2D eigenvalue weighted by molar-refractivity contribution is 1.25. The average molecular weight is 290 g/mol. The van der Waals surface area contributed by atoms with Gasteiger partial charge in [0, 0.05) is 12.4 Å². The molecule has 0 aliphatic rings. The van der Waals surface area contributed by atoms with Crippen LogP contribution in [0.2, 0.25) is 0 Å². The van der Waals surface area contributed by atoms with Gasteiger partial charge in [-0.05, 0) is 48.4 Å². The highest BCUT2D eigenvalue weighted by Gasteiger charge is 2.05. The molecule has 21 heavy (non-hydrogen) atoms. The molecule has 0 N–H and O–H groups in total. The van der Waals surface area contributed by atoms with Crippen LogP contribution in [0.25, 0.3) is 11.4 Å². The Labute approximate surface area is 127 Å². The van der Waals surface area contributed by atoms with Crippen LogP contribution in [0.15, 0.2) is 60.9 Å². The maximum Gasteiger partial charge on any atom is 0.0898 e. The van der Waals surface area contributed by atoms with E-state index < -0.39 is 9.52 Å². The van der Waals surface area contributed by atoms with E-state index in [0.29, 0.717) is 0 Å². The Morgan fingerprint density at radius 2 is 1.67 bits per heavy atom. The zero-order chi connectivity index (χ0) is 14.7. The van der Waals surface area contributed by atoms with Gasteiger partial charge >= 0.3 is 0 Å². The molecule has 1 aromatic carbocycles. The third-order valence-corrected chi connectivity index (χ3v) is 5.84. The quantitative estimate of drug-likeness (QED) is 0.688. The van der Waals surface area contributed by atoms with Crippen molar-refractivity contribution in [3.05, 3.63) is 72.1 Å². The molecule has 3 rings (SSSR count). The van der Waals surface area contributed by atoms with Crippen LogP contribution in [0.5, 0.6) is 0 Å². The van der Waals surface area contributed by atoms with Gasteiger partial charge in [-0.2, -0.15) is 0 Å². The van der Waals surface area contributed by atoms with Crippen molar-refractivity contribution in [1.82, 2.24) is 9.97 Å². The number of rotatable bonds is 3. The van der Waals surface area contributed by atoms with E-state index in [1.807, 2.05) is 24.4 Å². The normalized spacial score (nSPS) is 11.1. The molecule has 0 bridgehead atoms. The Bertz CT molecular complexity index is 737. The molecule has 0 aliphatic heterocycles. The van der Waals surface area contributed by atoms with Crippen LogP contribution in [0.4, 0.5) is 0 Å². The summed E-state index contributed by atoms with van der Waals surface area (Å²) >= 11 is 0. The van der Waals surface area contributed by atoms with E-state index in [0.717, 1.165) is 11.4 Å². The van der Waals surface area contributed by atoms with Gasteiger partial charge in [-0.3, -0.25) is 9.97 Å². The zero-order valence-electron chi connectivity index (χ0n) is 12.4. The fourth-order valence-corrected chi connectivity index (χ4v) is 4.07. The summed E-state index contributed by atoms with van der Waals surface area (Å²) in [5, 5.41) is 2.87. The second-order valence-corrected chi connectivity index (χ2v) is 7.23. The number of hydrogen-bond donors (Lipinski definition) is 0. The van der Waals surface area contributed by atoms with Gasteiger partial charge in [-0.15, -0.1) is 0 Å². The molecule has 0 saturated carbocycles. The lowest BCUT2D eigenvalue weighted by atomic mass is 10.1. The minimum atomic E-state index is -0.463. The predicted molar refractivity (Wildman–Crippen MR) is 91.2 cm³/mol. The molecule has 104 valence electrons. The first-order valence-corrected chi connectivity index (χ1v) is 8.57. The van der Waals surface area contributed by atoms with E-state index in [4.69, 9.17) is 0 Å². The van der Waals surface area contributed by atoms with E-state index in [2.05, 4.69) is 54.1 Å². The first kappa shape index (κ1) is 13.7. The molecule has 2 nitrogen and oxygen atoms in total. The smallest absolute Gasteiger partial charge is 0.0898 e. The highest BCUT2D eigenvalue weighted by Crippen LogP contribution is 2.10. The van der Waals surface area contributed by atoms with Crippen molar-refractivity contribution in [3.8, 4) is 11.4 Å². The van der Waals surface area contributed by atoms with Crippen LogP contribution in [-0.2, 0) is 0 Å². The Balaban J connectivity index is 1.83. The largest absolute Gasteiger partial charge is 0.255 e. The van der Waals surface area contributed by atoms with E-state index in [1.165, 1.54) is 21.5 Å². The summed E-state index contributed by atoms with van der Waals surface area (Å²) in [4.78, 5) is 8.91. The minimum Gasteiger partial charge on any atom is -0.255 e. The fourth-order valence-electron chi connectivity index (χ4n) is 2.42. The maximum absolute atomic E-state index is 4.57. The molecule has 2 aromatic heterocycles. The SMILES string of the molecule is Cc1cccc([SiH2]c2ccc(-c3ccccn3)nc2)c1C. The van der Waals surface area contributed by atoms with Crippen LogP contribution in [0.3, 0.4) is 0 Å². The van der Waals surface area contributed by atoms with Crippen molar-refractivity contribution < 1.29 is 0 Å². The summed E-state index contributed by atoms with van der Waals surface area (Å²) < 4.78 is 0. The van der Waals surface area contributed by atoms with Crippen LogP contribution < -0.4 is 10.4 Å². The predicted octanol–water partition coefficient (Wildman–Crippen LogP) is 1.88. The molecule has 0 aliphatic carbocycles. The average Bonchev–Trinajstić information content (AvgIpc) is 2.53. The first-order valence-electron chi connectivity index (χ1n) is 7.15. The second-order valence-electron chi connectivity index (χ2n) is 5.30. The molecule has 3 heteroatoms. The third-order valence-electron chi connectivity index (χ3n) is 3.86. The van der Waals surface area contributed by atoms with Crippen molar-refractivity contribution in [2.75, 3.05) is 0 Å². The molecule has 0 radical (unpaired) electrons. The van der Waals surface area contributed by atoms with Gasteiger partial charge in [0.25, 0.3) is 0 Å². The number of aryl methyl sites for hydroxylation is 1. The van der Waals surface area contributed by atoms with Gasteiger partial charge in [-0.1, -0.05) is 35.5 Å². The number of pyridine rings is 2. The minimum absolute atomic E-state index is 0.463. The molecular weight excluding hydrogens is 272 g/mol. The number of nitrogens with zero attached hydrogens (tertiary/aromatic N) is 2. The Kier molecular flexibility index (Phi) is 3.93. The number of benzene rings is 1. The Morgan fingerprint density at radius 1 is 0.810 bits per heavy atom. The van der Waals surface area contributed by atoms with E-state index in [9.17, 15) is 0 Å². The van der Waals surface area contributed by atoms with Crippen molar-refractivity contribution in [3.63, 3.8) is 0 Å². The molecule has 0 spiro atoms. The Morgan fingerprint density at radius 3 is 2.38 bits per heavy atom. The topological polar surface area (TPSA) is 25.8 Å². The van der Waals surface area contributed by atoms with Crippen molar-refractivity contribution >= 4 is 19.9 Å². The van der Waals surface area contributed by atoms with Gasteiger partial charge in [0.2, 0.25) is 0 Å². The molecule has 0 fully saturated rings. The van der Waals surface area contributed by atoms with E-state index in [-0.39, 0.29) is 0 Å². The lowest BCUT2D eigenvalue weighted by Crippen LogP contribution is -2.29. The van der Waals surface area contributed by atoms with Gasteiger partial charge in [-0.25, -0.2) is 0 Å². The van der Waals surface area contributed by atoms with Crippen LogP contribution in [0.1, 0.15) is 11.1 Å². The summed E-state index contributed by atoms with van der Waals surface area (Å²) in [7, 11) is -0.463. The monoisotopic (exact) mass is 290 g/mol. The molecule has 3 aromatic rings. The van der Waals surface area contributed by atoms with Crippen LogP contribution in [-0.4, -0.2) is 19.5 Å². The van der Waals surface area contributed by atoms with Gasteiger partial charge < -0.3 is 0 Å². The first-order chi connectivity index (χ1) is 10.2. The second kappa shape index (κ2) is 6.02. The molecule has 0 unspecified atom stereocenters. The van der Waals surface area contributed by atoms with Gasteiger partial charge in [0.15, 0.2) is 0 Å². The van der Waals surface area contributed by atoms with Gasteiger partial charge in [0.1, 0.15) is 0 Å². The summed E-state index contributed by atoms with van der Waals surface area (Å²) in [5.41, 5.74) is 4.67. The summed E-state index contributed by atoms with van der Waals surface area (Å²) in [5.74, 6) is 0. The fraction of sp³-hybridized carbons (Fsp3) is 0.111. The number of aromatic nitrogens is 2. The van der Waals surface area contributed by atoms with Crippen molar-refractivity contribution in [2.45, 2.75) is 13.8 Å². The highest BCUT2D eigenvalue weighted by molar-refractivity contribution is 6.67. The van der Waals surface area contributed by atoms with Crippen LogP contribution in [0, 0.1) is 13.8 Å². The third kappa shape index (κ3) is 3.08. The van der Waals surface area contributed by atoms with Crippen LogP contribution >= 0.6 is 0 Å². The zero-order valence-corrected chi connectivity index (χ0v) is 13.8. The maximum atomic E-state index is 4.57. The summed E-state index contributed by atoms with van der Waals surface area (Å²) in [6.45, 7) is 4.39.